The van der Waals surface area contributed by atoms with Gasteiger partial charge in [0.1, 0.15) is 4.21 Å². The second kappa shape index (κ2) is 10.5. The molecule has 0 radical (unpaired) electrons. The second-order valence-electron chi connectivity index (χ2n) is 8.33. The zero-order chi connectivity index (χ0) is 20.3. The van der Waals surface area contributed by atoms with Crippen LogP contribution in [0.2, 0.25) is 0 Å². The Hall–Kier alpha value is -0.430. The lowest BCUT2D eigenvalue weighted by molar-refractivity contribution is 0.156. The van der Waals surface area contributed by atoms with Gasteiger partial charge in [0.05, 0.1) is 13.2 Å². The Morgan fingerprint density at radius 3 is 2.73 bits per heavy atom. The predicted octanol–water partition coefficient (Wildman–Crippen LogP) is 3.12. The number of ether oxygens (including phenoxy) is 1. The normalized spacial score (nSPS) is 25.6. The van der Waals surface area contributed by atoms with Crippen molar-refractivity contribution in [1.29, 1.82) is 0 Å². The van der Waals surface area contributed by atoms with Gasteiger partial charge < -0.3 is 15.0 Å². The van der Waals surface area contributed by atoms with Crippen LogP contribution in [-0.4, -0.2) is 69.5 Å². The van der Waals surface area contributed by atoms with Crippen molar-refractivity contribution in [2.24, 2.45) is 10.4 Å². The Morgan fingerprint density at radius 2 is 2.03 bits per heavy atom. The van der Waals surface area contributed by atoms with Crippen LogP contribution in [0, 0.1) is 5.41 Å². The fourth-order valence-corrected chi connectivity index (χ4v) is 7.43. The molecular weight excluding hydrogens is 535 g/mol. The smallest absolute Gasteiger partial charge is 0.252 e. The van der Waals surface area contributed by atoms with Gasteiger partial charge in [0, 0.05) is 49.6 Å². The molecule has 3 saturated heterocycles. The third-order valence-electron chi connectivity index (χ3n) is 6.19. The minimum Gasteiger partial charge on any atom is -0.381 e. The maximum Gasteiger partial charge on any atom is 0.252 e. The number of rotatable bonds is 5. The van der Waals surface area contributed by atoms with E-state index in [2.05, 4.69) is 17.1 Å². The molecule has 3 fully saturated rings. The molecule has 3 aliphatic heterocycles. The molecule has 0 amide bonds. The van der Waals surface area contributed by atoms with Crippen LogP contribution in [0.4, 0.5) is 0 Å². The SMILES string of the molecule is CCNC(=NCc1ccc(S(=O)(=O)N2CCCCC2)s1)N1CCC2(CCOC2)C1.I. The molecule has 170 valence electrons. The average molecular weight is 569 g/mol. The monoisotopic (exact) mass is 568 g/mol. The summed E-state index contributed by atoms with van der Waals surface area (Å²) in [5, 5.41) is 3.40. The summed E-state index contributed by atoms with van der Waals surface area (Å²) in [6.45, 7) is 8.37. The van der Waals surface area contributed by atoms with Gasteiger partial charge in [-0.25, -0.2) is 13.4 Å². The molecule has 0 bridgehead atoms. The Balaban J connectivity index is 0.00000256. The van der Waals surface area contributed by atoms with Crippen LogP contribution in [-0.2, 0) is 21.3 Å². The molecule has 1 atom stereocenters. The summed E-state index contributed by atoms with van der Waals surface area (Å²) < 4.78 is 33.4. The quantitative estimate of drug-likeness (QED) is 0.336. The fraction of sp³-hybridized carbons (Fsp3) is 0.750. The third kappa shape index (κ3) is 5.31. The predicted molar refractivity (Wildman–Crippen MR) is 131 cm³/mol. The molecule has 0 aromatic carbocycles. The number of nitrogens with one attached hydrogen (secondary N) is 1. The minimum atomic E-state index is -3.36. The summed E-state index contributed by atoms with van der Waals surface area (Å²) in [7, 11) is -3.36. The van der Waals surface area contributed by atoms with E-state index >= 15 is 0 Å². The number of nitrogens with zero attached hydrogens (tertiary/aromatic N) is 3. The van der Waals surface area contributed by atoms with E-state index in [9.17, 15) is 8.42 Å². The highest BCUT2D eigenvalue weighted by molar-refractivity contribution is 14.0. The van der Waals surface area contributed by atoms with Crippen molar-refractivity contribution in [1.82, 2.24) is 14.5 Å². The highest BCUT2D eigenvalue weighted by atomic mass is 127. The van der Waals surface area contributed by atoms with E-state index in [0.29, 0.717) is 23.8 Å². The summed E-state index contributed by atoms with van der Waals surface area (Å²) >= 11 is 1.35. The maximum atomic E-state index is 12.9. The molecule has 1 aromatic heterocycles. The van der Waals surface area contributed by atoms with Gasteiger partial charge in [-0.3, -0.25) is 0 Å². The van der Waals surface area contributed by atoms with Crippen molar-refractivity contribution in [3.05, 3.63) is 17.0 Å². The van der Waals surface area contributed by atoms with Crippen molar-refractivity contribution in [3.63, 3.8) is 0 Å². The standard InChI is InChI=1S/C20H32N4O3S2.HI/c1-2-21-19(23-12-8-20(15-23)9-13-27-16-20)22-14-17-6-7-18(28-17)29(25,26)24-10-4-3-5-11-24;/h6-7H,2-5,8-16H2,1H3,(H,21,22);1H. The highest BCUT2D eigenvalue weighted by Gasteiger charge is 2.42. The molecule has 10 heteroatoms. The molecule has 1 spiro atoms. The van der Waals surface area contributed by atoms with Crippen LogP contribution < -0.4 is 5.32 Å². The van der Waals surface area contributed by atoms with E-state index in [1.165, 1.54) is 11.3 Å². The zero-order valence-electron chi connectivity index (χ0n) is 17.6. The third-order valence-corrected chi connectivity index (χ3v) is 9.62. The first-order valence-corrected chi connectivity index (χ1v) is 13.0. The van der Waals surface area contributed by atoms with Crippen LogP contribution in [0.3, 0.4) is 0 Å². The number of likely N-dealkylation sites (tertiary alicyclic amines) is 1. The van der Waals surface area contributed by atoms with Crippen LogP contribution in [0.25, 0.3) is 0 Å². The van der Waals surface area contributed by atoms with Gasteiger partial charge in [-0.05, 0) is 44.7 Å². The lowest BCUT2D eigenvalue weighted by Gasteiger charge is -2.25. The number of sulfonamides is 1. The number of aliphatic imine (C=N–C) groups is 1. The fourth-order valence-electron chi connectivity index (χ4n) is 4.48. The molecular formula is C20H33IN4O3S2. The second-order valence-corrected chi connectivity index (χ2v) is 11.7. The van der Waals surface area contributed by atoms with Gasteiger partial charge >= 0.3 is 0 Å². The molecule has 7 nitrogen and oxygen atoms in total. The summed E-state index contributed by atoms with van der Waals surface area (Å²) in [6, 6.07) is 3.65. The molecule has 0 saturated carbocycles. The van der Waals surface area contributed by atoms with E-state index in [-0.39, 0.29) is 29.4 Å². The first-order chi connectivity index (χ1) is 14.0. The van der Waals surface area contributed by atoms with E-state index in [0.717, 1.165) is 75.8 Å². The Kier molecular flexibility index (Phi) is 8.44. The molecule has 4 rings (SSSR count). The summed E-state index contributed by atoms with van der Waals surface area (Å²) in [4.78, 5) is 8.13. The average Bonchev–Trinajstić information content (AvgIpc) is 3.48. The summed E-state index contributed by atoms with van der Waals surface area (Å²) in [6.07, 6.45) is 5.31. The van der Waals surface area contributed by atoms with Crippen molar-refractivity contribution in [2.75, 3.05) is 45.9 Å². The number of piperidine rings is 1. The van der Waals surface area contributed by atoms with Crippen molar-refractivity contribution >= 4 is 51.3 Å². The first-order valence-electron chi connectivity index (χ1n) is 10.7. The molecule has 30 heavy (non-hydrogen) atoms. The summed E-state index contributed by atoms with van der Waals surface area (Å²) in [5.74, 6) is 0.921. The molecule has 1 aromatic rings. The Bertz CT molecular complexity index is 831. The van der Waals surface area contributed by atoms with E-state index < -0.39 is 10.0 Å². The van der Waals surface area contributed by atoms with Crippen LogP contribution in [0.5, 0.6) is 0 Å². The van der Waals surface area contributed by atoms with Crippen molar-refractivity contribution in [2.45, 2.75) is 49.8 Å². The topological polar surface area (TPSA) is 74.2 Å². The lowest BCUT2D eigenvalue weighted by Crippen LogP contribution is -2.41. The van der Waals surface area contributed by atoms with Gasteiger partial charge in [-0.1, -0.05) is 6.42 Å². The van der Waals surface area contributed by atoms with Crippen LogP contribution in [0.1, 0.15) is 43.9 Å². The van der Waals surface area contributed by atoms with Gasteiger partial charge in [0.2, 0.25) is 0 Å². The molecule has 3 aliphatic rings. The first kappa shape index (κ1) is 24.2. The Morgan fingerprint density at radius 1 is 1.23 bits per heavy atom. The molecule has 1 N–H and O–H groups in total. The van der Waals surface area contributed by atoms with Gasteiger partial charge in [-0.2, -0.15) is 4.31 Å². The van der Waals surface area contributed by atoms with Crippen LogP contribution in [0.15, 0.2) is 21.3 Å². The Labute approximate surface area is 201 Å². The highest BCUT2D eigenvalue weighted by Crippen LogP contribution is 2.38. The largest absolute Gasteiger partial charge is 0.381 e. The molecule has 1 unspecified atom stereocenters. The number of thiophene rings is 1. The number of hydrogen-bond acceptors (Lipinski definition) is 5. The minimum absolute atomic E-state index is 0. The lowest BCUT2D eigenvalue weighted by atomic mass is 9.87. The van der Waals surface area contributed by atoms with Gasteiger partial charge in [0.15, 0.2) is 5.96 Å². The number of halogens is 1. The van der Waals surface area contributed by atoms with E-state index in [1.807, 2.05) is 6.07 Å². The van der Waals surface area contributed by atoms with E-state index in [1.54, 1.807) is 10.4 Å². The van der Waals surface area contributed by atoms with Crippen LogP contribution >= 0.6 is 35.3 Å². The van der Waals surface area contributed by atoms with Crippen molar-refractivity contribution in [3.8, 4) is 0 Å². The van der Waals surface area contributed by atoms with Gasteiger partial charge in [-0.15, -0.1) is 35.3 Å². The zero-order valence-corrected chi connectivity index (χ0v) is 21.6. The summed E-state index contributed by atoms with van der Waals surface area (Å²) in [5.41, 5.74) is 0.287. The molecule has 4 heterocycles. The van der Waals surface area contributed by atoms with E-state index in [4.69, 9.17) is 9.73 Å². The number of guanidine groups is 1. The van der Waals surface area contributed by atoms with Gasteiger partial charge in [0.25, 0.3) is 10.0 Å². The van der Waals surface area contributed by atoms with Crippen molar-refractivity contribution < 1.29 is 13.2 Å². The number of hydrogen-bond donors (Lipinski definition) is 1. The maximum absolute atomic E-state index is 12.9. The molecule has 0 aliphatic carbocycles.